The van der Waals surface area contributed by atoms with E-state index in [9.17, 15) is 14.0 Å². The van der Waals surface area contributed by atoms with Crippen LogP contribution < -0.4 is 5.32 Å². The van der Waals surface area contributed by atoms with Crippen LogP contribution in [0.25, 0.3) is 5.57 Å². The van der Waals surface area contributed by atoms with Crippen LogP contribution in [0.1, 0.15) is 16.0 Å². The van der Waals surface area contributed by atoms with E-state index in [0.29, 0.717) is 16.0 Å². The average Bonchev–Trinajstić information content (AvgIpc) is 3.28. The number of carbonyl (C=O) groups excluding carboxylic acids is 2. The summed E-state index contributed by atoms with van der Waals surface area (Å²) in [4.78, 5) is 28.0. The molecule has 140 valence electrons. The van der Waals surface area contributed by atoms with Crippen molar-refractivity contribution in [2.75, 3.05) is 5.32 Å². The predicted octanol–water partition coefficient (Wildman–Crippen LogP) is 4.59. The normalized spacial score (nSPS) is 14.1. The third-order valence-electron chi connectivity index (χ3n) is 4.63. The van der Waals surface area contributed by atoms with Gasteiger partial charge in [-0.05, 0) is 36.1 Å². The minimum Gasteiger partial charge on any atom is -0.350 e. The zero-order valence-corrected chi connectivity index (χ0v) is 15.9. The molecule has 1 N–H and O–H groups in total. The molecule has 0 saturated carbocycles. The number of aryl methyl sites for hydroxylation is 1. The number of thiophene rings is 1. The zero-order chi connectivity index (χ0) is 19.7. The number of nitrogens with one attached hydrogen (secondary N) is 1. The third-order valence-corrected chi connectivity index (χ3v) is 5.51. The maximum Gasteiger partial charge on any atom is 0.278 e. The van der Waals surface area contributed by atoms with Gasteiger partial charge in [0.15, 0.2) is 0 Å². The number of benzene rings is 2. The number of halogens is 1. The molecule has 0 bridgehead atoms. The molecule has 3 aromatic rings. The van der Waals surface area contributed by atoms with Gasteiger partial charge < -0.3 is 5.32 Å². The summed E-state index contributed by atoms with van der Waals surface area (Å²) in [7, 11) is 0. The van der Waals surface area contributed by atoms with Crippen molar-refractivity contribution in [3.8, 4) is 0 Å². The summed E-state index contributed by atoms with van der Waals surface area (Å²) >= 11 is 1.38. The molecule has 1 aromatic heterocycles. The Morgan fingerprint density at radius 3 is 2.43 bits per heavy atom. The fraction of sp³-hybridized carbons (Fsp3) is 0.0909. The van der Waals surface area contributed by atoms with Gasteiger partial charge in [0.05, 0.1) is 12.1 Å². The fourth-order valence-corrected chi connectivity index (χ4v) is 3.90. The van der Waals surface area contributed by atoms with Gasteiger partial charge in [0.25, 0.3) is 11.8 Å². The van der Waals surface area contributed by atoms with Gasteiger partial charge in [0.1, 0.15) is 11.5 Å². The topological polar surface area (TPSA) is 49.4 Å². The molecule has 0 fully saturated rings. The quantitative estimate of drug-likeness (QED) is 0.646. The molecule has 6 heteroatoms. The highest BCUT2D eigenvalue weighted by molar-refractivity contribution is 7.11. The first-order chi connectivity index (χ1) is 13.6. The van der Waals surface area contributed by atoms with E-state index in [1.54, 1.807) is 24.3 Å². The highest BCUT2D eigenvalue weighted by atomic mass is 32.1. The molecule has 0 saturated heterocycles. The SMILES string of the molecule is Cc1ccccc1NC1=C(c2cccs2)C(=O)N(Cc2ccccc2F)C1=O. The number of hydrogen-bond donors (Lipinski definition) is 1. The lowest BCUT2D eigenvalue weighted by Gasteiger charge is -2.16. The van der Waals surface area contributed by atoms with Gasteiger partial charge in [-0.2, -0.15) is 0 Å². The molecule has 0 spiro atoms. The van der Waals surface area contributed by atoms with Crippen LogP contribution in [-0.4, -0.2) is 16.7 Å². The molecule has 0 radical (unpaired) electrons. The Morgan fingerprint density at radius 2 is 1.71 bits per heavy atom. The largest absolute Gasteiger partial charge is 0.350 e. The first kappa shape index (κ1) is 18.1. The van der Waals surface area contributed by atoms with Crippen molar-refractivity contribution >= 4 is 34.4 Å². The van der Waals surface area contributed by atoms with Crippen molar-refractivity contribution in [1.29, 1.82) is 0 Å². The number of hydrogen-bond acceptors (Lipinski definition) is 4. The number of nitrogens with zero attached hydrogens (tertiary/aromatic N) is 1. The third kappa shape index (κ3) is 3.23. The van der Waals surface area contributed by atoms with Gasteiger partial charge >= 0.3 is 0 Å². The Balaban J connectivity index is 1.74. The molecule has 2 amide bonds. The van der Waals surface area contributed by atoms with Crippen LogP contribution in [0.15, 0.2) is 71.7 Å². The molecule has 4 nitrogen and oxygen atoms in total. The van der Waals surface area contributed by atoms with Crippen LogP contribution >= 0.6 is 11.3 Å². The van der Waals surface area contributed by atoms with Crippen LogP contribution in [0, 0.1) is 12.7 Å². The highest BCUT2D eigenvalue weighted by Gasteiger charge is 2.40. The smallest absolute Gasteiger partial charge is 0.278 e. The summed E-state index contributed by atoms with van der Waals surface area (Å²) in [5.41, 5.74) is 2.54. The van der Waals surface area contributed by atoms with Crippen molar-refractivity contribution in [1.82, 2.24) is 4.90 Å². The summed E-state index contributed by atoms with van der Waals surface area (Å²) in [6, 6.07) is 17.3. The van der Waals surface area contributed by atoms with Crippen LogP contribution in [0.4, 0.5) is 10.1 Å². The Hall–Kier alpha value is -3.25. The van der Waals surface area contributed by atoms with Crippen molar-refractivity contribution in [2.24, 2.45) is 0 Å². The van der Waals surface area contributed by atoms with E-state index in [1.165, 1.54) is 17.4 Å². The summed E-state index contributed by atoms with van der Waals surface area (Å²) in [6.07, 6.45) is 0. The molecular weight excluding hydrogens is 375 g/mol. The van der Waals surface area contributed by atoms with E-state index in [0.717, 1.165) is 16.2 Å². The van der Waals surface area contributed by atoms with Crippen LogP contribution in [0.3, 0.4) is 0 Å². The lowest BCUT2D eigenvalue weighted by molar-refractivity contribution is -0.137. The molecule has 28 heavy (non-hydrogen) atoms. The van der Waals surface area contributed by atoms with Crippen molar-refractivity contribution in [3.63, 3.8) is 0 Å². The van der Waals surface area contributed by atoms with Gasteiger partial charge in [-0.25, -0.2) is 4.39 Å². The Bertz CT molecular complexity index is 1090. The molecule has 0 atom stereocenters. The van der Waals surface area contributed by atoms with E-state index < -0.39 is 17.6 Å². The second-order valence-electron chi connectivity index (χ2n) is 6.46. The molecular formula is C22H17FN2O2S. The Labute approximate surface area is 165 Å². The molecule has 4 rings (SSSR count). The van der Waals surface area contributed by atoms with Gasteiger partial charge in [-0.15, -0.1) is 11.3 Å². The van der Waals surface area contributed by atoms with Crippen molar-refractivity contribution < 1.29 is 14.0 Å². The maximum absolute atomic E-state index is 14.1. The molecule has 1 aliphatic rings. The molecule has 2 aromatic carbocycles. The van der Waals surface area contributed by atoms with Crippen LogP contribution in [0.2, 0.25) is 0 Å². The first-order valence-corrected chi connectivity index (χ1v) is 9.64. The monoisotopic (exact) mass is 392 g/mol. The van der Waals surface area contributed by atoms with Crippen LogP contribution in [0.5, 0.6) is 0 Å². The van der Waals surface area contributed by atoms with E-state index in [-0.39, 0.29) is 12.2 Å². The first-order valence-electron chi connectivity index (χ1n) is 8.76. The standard InChI is InChI=1S/C22H17FN2O2S/c1-14-7-2-5-10-17(14)24-20-19(18-11-6-12-28-18)21(26)25(22(20)27)13-15-8-3-4-9-16(15)23/h2-12,24H,13H2,1H3. The van der Waals surface area contributed by atoms with E-state index in [1.807, 2.05) is 42.6 Å². The summed E-state index contributed by atoms with van der Waals surface area (Å²) < 4.78 is 14.1. The number of amides is 2. The second-order valence-corrected chi connectivity index (χ2v) is 7.40. The predicted molar refractivity (Wildman–Crippen MR) is 108 cm³/mol. The molecule has 0 unspecified atom stereocenters. The Morgan fingerprint density at radius 1 is 0.964 bits per heavy atom. The minimum absolute atomic E-state index is 0.113. The number of anilines is 1. The summed E-state index contributed by atoms with van der Waals surface area (Å²) in [6.45, 7) is 1.81. The number of imide groups is 1. The average molecular weight is 392 g/mol. The second kappa shape index (κ2) is 7.40. The van der Waals surface area contributed by atoms with Crippen molar-refractivity contribution in [3.05, 3.63) is 93.6 Å². The molecule has 0 aliphatic carbocycles. The number of rotatable bonds is 5. The number of carbonyl (C=O) groups is 2. The van der Waals surface area contributed by atoms with Gasteiger partial charge in [0, 0.05) is 16.1 Å². The van der Waals surface area contributed by atoms with Crippen LogP contribution in [-0.2, 0) is 16.1 Å². The number of para-hydroxylation sites is 1. The lowest BCUT2D eigenvalue weighted by atomic mass is 10.1. The fourth-order valence-electron chi connectivity index (χ4n) is 3.13. The summed E-state index contributed by atoms with van der Waals surface area (Å²) in [5, 5.41) is 4.99. The Kier molecular flexibility index (Phi) is 4.79. The van der Waals surface area contributed by atoms with E-state index >= 15 is 0 Å². The summed E-state index contributed by atoms with van der Waals surface area (Å²) in [5.74, 6) is -1.33. The van der Waals surface area contributed by atoms with Gasteiger partial charge in [0.2, 0.25) is 0 Å². The van der Waals surface area contributed by atoms with Crippen molar-refractivity contribution in [2.45, 2.75) is 13.5 Å². The lowest BCUT2D eigenvalue weighted by Crippen LogP contribution is -2.32. The minimum atomic E-state index is -0.458. The molecule has 2 heterocycles. The highest BCUT2D eigenvalue weighted by Crippen LogP contribution is 2.34. The maximum atomic E-state index is 14.1. The zero-order valence-electron chi connectivity index (χ0n) is 15.1. The van der Waals surface area contributed by atoms with E-state index in [2.05, 4.69) is 5.32 Å². The molecule has 1 aliphatic heterocycles. The van der Waals surface area contributed by atoms with Gasteiger partial charge in [-0.3, -0.25) is 14.5 Å². The van der Waals surface area contributed by atoms with Gasteiger partial charge in [-0.1, -0.05) is 42.5 Å². The van der Waals surface area contributed by atoms with E-state index in [4.69, 9.17) is 0 Å².